The minimum Gasteiger partial charge on any atom is -0.340 e. The molecule has 2 fully saturated rings. The molecule has 4 rings (SSSR count). The summed E-state index contributed by atoms with van der Waals surface area (Å²) in [5.41, 5.74) is 7.59. The fourth-order valence-electron chi connectivity index (χ4n) is 5.03. The minimum absolute atomic E-state index is 0.0507. The van der Waals surface area contributed by atoms with E-state index in [4.69, 9.17) is 5.73 Å². The van der Waals surface area contributed by atoms with Gasteiger partial charge in [-0.1, -0.05) is 44.2 Å². The van der Waals surface area contributed by atoms with E-state index in [1.807, 2.05) is 38.1 Å². The molecule has 0 radical (unpaired) electrons. The van der Waals surface area contributed by atoms with Gasteiger partial charge in [0.05, 0.1) is 12.6 Å². The average Bonchev–Trinajstić information content (AvgIpc) is 3.45. The molecule has 0 spiro atoms. The van der Waals surface area contributed by atoms with Gasteiger partial charge in [0, 0.05) is 24.3 Å². The first-order valence-electron chi connectivity index (χ1n) is 12.3. The van der Waals surface area contributed by atoms with Gasteiger partial charge in [-0.25, -0.2) is 4.79 Å². The molecule has 0 aromatic heterocycles. The van der Waals surface area contributed by atoms with Gasteiger partial charge < -0.3 is 26.2 Å². The maximum absolute atomic E-state index is 13.6. The van der Waals surface area contributed by atoms with Crippen LogP contribution in [0, 0.1) is 5.92 Å². The monoisotopic (exact) mass is 491 g/mol. The maximum atomic E-state index is 13.6. The van der Waals surface area contributed by atoms with Gasteiger partial charge in [0.1, 0.15) is 12.1 Å². The van der Waals surface area contributed by atoms with Crippen molar-refractivity contribution in [2.24, 2.45) is 11.7 Å². The fourth-order valence-corrected chi connectivity index (χ4v) is 5.03. The van der Waals surface area contributed by atoms with E-state index < -0.39 is 12.1 Å². The zero-order valence-electron chi connectivity index (χ0n) is 20.6. The number of ketones is 1. The number of hydrogen-bond acceptors (Lipinski definition) is 5. The first kappa shape index (κ1) is 25.4. The summed E-state index contributed by atoms with van der Waals surface area (Å²) in [4.78, 5) is 55.6. The summed E-state index contributed by atoms with van der Waals surface area (Å²) in [6, 6.07) is 13.8. The molecule has 2 heterocycles. The summed E-state index contributed by atoms with van der Waals surface area (Å²) >= 11 is 0. The molecule has 9 nitrogen and oxygen atoms in total. The Kier molecular flexibility index (Phi) is 7.69. The second-order valence-corrected chi connectivity index (χ2v) is 9.78. The van der Waals surface area contributed by atoms with E-state index in [9.17, 15) is 19.2 Å². The van der Waals surface area contributed by atoms with E-state index >= 15 is 0 Å². The van der Waals surface area contributed by atoms with Gasteiger partial charge in [0.15, 0.2) is 5.78 Å². The number of amides is 4. The van der Waals surface area contributed by atoms with Gasteiger partial charge in [-0.2, -0.15) is 0 Å². The highest BCUT2D eigenvalue weighted by Gasteiger charge is 2.52. The summed E-state index contributed by atoms with van der Waals surface area (Å²) in [5.74, 6) is -0.681. The van der Waals surface area contributed by atoms with Crippen molar-refractivity contribution in [1.82, 2.24) is 15.1 Å². The Morgan fingerprint density at radius 2 is 1.81 bits per heavy atom. The van der Waals surface area contributed by atoms with E-state index in [0.29, 0.717) is 37.2 Å². The number of nitrogens with two attached hydrogens (primary N) is 1. The molecule has 4 amide bonds. The lowest BCUT2D eigenvalue weighted by molar-refractivity contribution is -0.138. The highest BCUT2D eigenvalue weighted by molar-refractivity contribution is 6.02. The van der Waals surface area contributed by atoms with Crippen molar-refractivity contribution >= 4 is 29.3 Å². The molecule has 190 valence electrons. The van der Waals surface area contributed by atoms with E-state index in [0.717, 1.165) is 5.56 Å². The molecular weight excluding hydrogens is 458 g/mol. The Labute approximate surface area is 211 Å². The van der Waals surface area contributed by atoms with Crippen LogP contribution in [0.3, 0.4) is 0 Å². The normalized spacial score (nSPS) is 19.8. The molecule has 0 unspecified atom stereocenters. The number of fused-ring (bicyclic) bond motifs is 1. The van der Waals surface area contributed by atoms with Crippen LogP contribution in [0.1, 0.15) is 42.6 Å². The number of Topliss-reactive ketones (excluding diaryl/α,β-unsaturated/α-hetero) is 1. The predicted octanol–water partition coefficient (Wildman–Crippen LogP) is 2.38. The van der Waals surface area contributed by atoms with Gasteiger partial charge in [-0.15, -0.1) is 0 Å². The quantitative estimate of drug-likeness (QED) is 0.548. The van der Waals surface area contributed by atoms with E-state index in [-0.39, 0.29) is 42.1 Å². The molecule has 2 saturated heterocycles. The minimum atomic E-state index is -0.780. The summed E-state index contributed by atoms with van der Waals surface area (Å²) in [6.45, 7) is 4.56. The van der Waals surface area contributed by atoms with Crippen molar-refractivity contribution in [3.63, 3.8) is 0 Å². The molecule has 2 aliphatic heterocycles. The topological polar surface area (TPSA) is 125 Å². The second-order valence-electron chi connectivity index (χ2n) is 9.78. The van der Waals surface area contributed by atoms with Crippen LogP contribution < -0.4 is 16.4 Å². The number of likely N-dealkylation sites (tertiary alicyclic amines) is 2. The van der Waals surface area contributed by atoms with E-state index in [1.54, 1.807) is 35.2 Å². The zero-order valence-corrected chi connectivity index (χ0v) is 20.6. The van der Waals surface area contributed by atoms with Crippen LogP contribution in [-0.2, 0) is 16.1 Å². The Bertz CT molecular complexity index is 1140. The number of nitrogens with zero attached hydrogens (tertiary/aromatic N) is 2. The summed E-state index contributed by atoms with van der Waals surface area (Å²) < 4.78 is 0. The molecule has 36 heavy (non-hydrogen) atoms. The van der Waals surface area contributed by atoms with Crippen molar-refractivity contribution in [2.75, 3.05) is 18.4 Å². The molecular formula is C27H33N5O4. The Morgan fingerprint density at radius 1 is 1.06 bits per heavy atom. The molecule has 9 heteroatoms. The number of para-hydroxylation sites is 1. The zero-order chi connectivity index (χ0) is 25.8. The van der Waals surface area contributed by atoms with E-state index in [1.165, 1.54) is 4.90 Å². The molecule has 3 atom stereocenters. The fraction of sp³-hybridized carbons (Fsp3) is 0.407. The summed E-state index contributed by atoms with van der Waals surface area (Å²) in [7, 11) is 0. The van der Waals surface area contributed by atoms with Gasteiger partial charge in [0.2, 0.25) is 5.91 Å². The first-order chi connectivity index (χ1) is 17.3. The maximum Gasteiger partial charge on any atom is 0.322 e. The number of carbonyl (C=O) groups is 4. The van der Waals surface area contributed by atoms with Crippen molar-refractivity contribution in [1.29, 1.82) is 0 Å². The standard InChI is InChI=1S/C27H33N5O4/c1-17(2)13-21(30-25(34)19-8-6-7-18(14-19)15-28)26(35)31-12-11-22-24(31)23(33)16-32(22)27(36)29-20-9-4-3-5-10-20/h3-10,14,17,21-22,24H,11-13,15-16,28H2,1-2H3,(H,29,36)(H,30,34)/t21-,22+,24-/m0/s1. The van der Waals surface area contributed by atoms with Crippen molar-refractivity contribution < 1.29 is 19.2 Å². The Morgan fingerprint density at radius 3 is 2.50 bits per heavy atom. The number of anilines is 1. The second kappa shape index (κ2) is 10.9. The lowest BCUT2D eigenvalue weighted by Crippen LogP contribution is -2.53. The molecule has 0 bridgehead atoms. The lowest BCUT2D eigenvalue weighted by atomic mass is 10.0. The molecule has 2 aromatic carbocycles. The Hall–Kier alpha value is -3.72. The van der Waals surface area contributed by atoms with Crippen LogP contribution in [0.25, 0.3) is 0 Å². The largest absolute Gasteiger partial charge is 0.340 e. The number of nitrogens with one attached hydrogen (secondary N) is 2. The third-order valence-electron chi connectivity index (χ3n) is 6.73. The predicted molar refractivity (Wildman–Crippen MR) is 136 cm³/mol. The molecule has 0 saturated carbocycles. The van der Waals surface area contributed by atoms with Crippen LogP contribution in [-0.4, -0.2) is 64.6 Å². The third kappa shape index (κ3) is 5.41. The van der Waals surface area contributed by atoms with Crippen molar-refractivity contribution in [3.05, 3.63) is 65.7 Å². The first-order valence-corrected chi connectivity index (χ1v) is 12.3. The van der Waals surface area contributed by atoms with Crippen LogP contribution in [0.2, 0.25) is 0 Å². The smallest absolute Gasteiger partial charge is 0.322 e. The Balaban J connectivity index is 1.48. The number of rotatable bonds is 7. The molecule has 2 aromatic rings. The summed E-state index contributed by atoms with van der Waals surface area (Å²) in [5, 5.41) is 5.71. The number of urea groups is 1. The van der Waals surface area contributed by atoms with Gasteiger partial charge in [-0.3, -0.25) is 14.4 Å². The van der Waals surface area contributed by atoms with Gasteiger partial charge >= 0.3 is 6.03 Å². The number of benzene rings is 2. The van der Waals surface area contributed by atoms with Crippen LogP contribution in [0.4, 0.5) is 10.5 Å². The van der Waals surface area contributed by atoms with Crippen LogP contribution in [0.15, 0.2) is 54.6 Å². The molecule has 2 aliphatic rings. The highest BCUT2D eigenvalue weighted by Crippen LogP contribution is 2.31. The van der Waals surface area contributed by atoms with E-state index in [2.05, 4.69) is 10.6 Å². The molecule has 0 aliphatic carbocycles. The highest BCUT2D eigenvalue weighted by atomic mass is 16.2. The molecule has 4 N–H and O–H groups in total. The lowest BCUT2D eigenvalue weighted by Gasteiger charge is -2.29. The average molecular weight is 492 g/mol. The SMILES string of the molecule is CC(C)C[C@H](NC(=O)c1cccc(CN)c1)C(=O)N1CC[C@@H]2[C@H]1C(=O)CN2C(=O)Nc1ccccc1. The van der Waals surface area contributed by atoms with Crippen molar-refractivity contribution in [3.8, 4) is 0 Å². The van der Waals surface area contributed by atoms with Crippen LogP contribution in [0.5, 0.6) is 0 Å². The van der Waals surface area contributed by atoms with Gasteiger partial charge in [-0.05, 0) is 48.6 Å². The number of carbonyl (C=O) groups excluding carboxylic acids is 4. The number of hydrogen-bond donors (Lipinski definition) is 3. The van der Waals surface area contributed by atoms with Gasteiger partial charge in [0.25, 0.3) is 5.91 Å². The van der Waals surface area contributed by atoms with Crippen LogP contribution >= 0.6 is 0 Å². The summed E-state index contributed by atoms with van der Waals surface area (Å²) in [6.07, 6.45) is 0.937. The third-order valence-corrected chi connectivity index (χ3v) is 6.73. The van der Waals surface area contributed by atoms with Crippen molar-refractivity contribution in [2.45, 2.75) is 51.4 Å².